The van der Waals surface area contributed by atoms with Crippen LogP contribution in [0.25, 0.3) is 0 Å². The van der Waals surface area contributed by atoms with Gasteiger partial charge in [-0.1, -0.05) is 67.3 Å². The van der Waals surface area contributed by atoms with Crippen LogP contribution in [0.4, 0.5) is 5.69 Å². The van der Waals surface area contributed by atoms with Gasteiger partial charge in [-0.3, -0.25) is 13.9 Å². The van der Waals surface area contributed by atoms with Crippen molar-refractivity contribution in [2.75, 3.05) is 17.1 Å². The first-order valence-corrected chi connectivity index (χ1v) is 14.5. The fraction of sp³-hybridized carbons (Fsp3) is 0.500. The van der Waals surface area contributed by atoms with E-state index in [1.807, 2.05) is 64.1 Å². The smallest absolute Gasteiger partial charge is 0.244 e. The summed E-state index contributed by atoms with van der Waals surface area (Å²) in [4.78, 5) is 28.7. The molecule has 2 aromatic rings. The molecule has 1 unspecified atom stereocenters. The monoisotopic (exact) mass is 513 g/mol. The maximum atomic E-state index is 13.8. The topological polar surface area (TPSA) is 86.8 Å². The Morgan fingerprint density at radius 2 is 1.61 bits per heavy atom. The van der Waals surface area contributed by atoms with Crippen molar-refractivity contribution in [1.29, 1.82) is 0 Å². The van der Waals surface area contributed by atoms with E-state index in [0.717, 1.165) is 58.5 Å². The standard InChI is InChI=1S/C28H39N3O4S/c1-6-25(28(33)29-24-9-7-8-10-24)30(18-23-14-11-20(2)12-15-23)27(32)19-31(36(5,34)35)26-16-13-21(3)17-22(26)4/h11-17,24-25H,6-10,18-19H2,1-5H3,(H,29,33). The third kappa shape index (κ3) is 7.09. The van der Waals surface area contributed by atoms with E-state index in [9.17, 15) is 18.0 Å². The molecule has 1 aliphatic rings. The molecule has 8 heteroatoms. The van der Waals surface area contributed by atoms with Gasteiger partial charge >= 0.3 is 0 Å². The molecule has 0 bridgehead atoms. The van der Waals surface area contributed by atoms with E-state index in [1.54, 1.807) is 6.07 Å². The minimum atomic E-state index is -3.75. The van der Waals surface area contributed by atoms with Crippen molar-refractivity contribution >= 4 is 27.5 Å². The molecular weight excluding hydrogens is 474 g/mol. The van der Waals surface area contributed by atoms with Crippen molar-refractivity contribution in [3.8, 4) is 0 Å². The minimum absolute atomic E-state index is 0.130. The van der Waals surface area contributed by atoms with Gasteiger partial charge in [0.15, 0.2) is 0 Å². The van der Waals surface area contributed by atoms with Gasteiger partial charge in [-0.2, -0.15) is 0 Å². The lowest BCUT2D eigenvalue weighted by molar-refractivity contribution is -0.140. The van der Waals surface area contributed by atoms with Crippen LogP contribution in [0.5, 0.6) is 0 Å². The van der Waals surface area contributed by atoms with Gasteiger partial charge in [-0.25, -0.2) is 8.42 Å². The lowest BCUT2D eigenvalue weighted by atomic mass is 10.1. The van der Waals surface area contributed by atoms with E-state index >= 15 is 0 Å². The van der Waals surface area contributed by atoms with Gasteiger partial charge in [-0.05, 0) is 57.2 Å². The molecule has 3 rings (SSSR count). The van der Waals surface area contributed by atoms with E-state index in [4.69, 9.17) is 0 Å². The van der Waals surface area contributed by atoms with Crippen molar-refractivity contribution in [2.45, 2.75) is 78.4 Å². The molecule has 1 saturated carbocycles. The number of anilines is 1. The molecule has 0 heterocycles. The van der Waals surface area contributed by atoms with Crippen LogP contribution in [0.1, 0.15) is 61.3 Å². The lowest BCUT2D eigenvalue weighted by Gasteiger charge is -2.33. The number of carbonyl (C=O) groups is 2. The fourth-order valence-corrected chi connectivity index (χ4v) is 5.76. The van der Waals surface area contributed by atoms with E-state index in [1.165, 1.54) is 4.90 Å². The van der Waals surface area contributed by atoms with Crippen LogP contribution in [-0.2, 0) is 26.2 Å². The summed E-state index contributed by atoms with van der Waals surface area (Å²) in [6.45, 7) is 7.49. The molecule has 2 aromatic carbocycles. The number of carbonyl (C=O) groups excluding carboxylic acids is 2. The van der Waals surface area contributed by atoms with Crippen molar-refractivity contribution in [2.24, 2.45) is 0 Å². The Labute approximate surface area is 215 Å². The van der Waals surface area contributed by atoms with Crippen molar-refractivity contribution in [3.63, 3.8) is 0 Å². The average molecular weight is 514 g/mol. The molecule has 36 heavy (non-hydrogen) atoms. The van der Waals surface area contributed by atoms with E-state index < -0.39 is 22.0 Å². The summed E-state index contributed by atoms with van der Waals surface area (Å²) in [5.74, 6) is -0.586. The second-order valence-corrected chi connectivity index (χ2v) is 11.9. The molecule has 0 aliphatic heterocycles. The van der Waals surface area contributed by atoms with Crippen LogP contribution >= 0.6 is 0 Å². The van der Waals surface area contributed by atoms with Crippen LogP contribution in [0.15, 0.2) is 42.5 Å². The zero-order valence-corrected chi connectivity index (χ0v) is 22.9. The summed E-state index contributed by atoms with van der Waals surface area (Å²) in [6, 6.07) is 12.7. The first-order valence-electron chi connectivity index (χ1n) is 12.7. The number of amides is 2. The molecule has 0 aromatic heterocycles. The number of hydrogen-bond acceptors (Lipinski definition) is 4. The Balaban J connectivity index is 1.93. The second kappa shape index (κ2) is 11.9. The molecule has 0 radical (unpaired) electrons. The predicted molar refractivity (Wildman–Crippen MR) is 144 cm³/mol. The number of benzene rings is 2. The van der Waals surface area contributed by atoms with Crippen LogP contribution in [-0.4, -0.2) is 50.0 Å². The van der Waals surface area contributed by atoms with E-state index in [-0.39, 0.29) is 25.0 Å². The number of sulfonamides is 1. The Morgan fingerprint density at radius 3 is 2.17 bits per heavy atom. The Hall–Kier alpha value is -2.87. The summed E-state index contributed by atoms with van der Waals surface area (Å²) in [5.41, 5.74) is 4.23. The molecule has 2 amide bonds. The second-order valence-electron chi connectivity index (χ2n) is 9.98. The molecular formula is C28H39N3O4S. The molecule has 0 saturated heterocycles. The highest BCUT2D eigenvalue weighted by Crippen LogP contribution is 2.25. The van der Waals surface area contributed by atoms with Gasteiger partial charge in [-0.15, -0.1) is 0 Å². The third-order valence-corrected chi connectivity index (χ3v) is 7.99. The quantitative estimate of drug-likeness (QED) is 0.515. The van der Waals surface area contributed by atoms with Gasteiger partial charge in [0, 0.05) is 12.6 Å². The number of rotatable bonds is 10. The zero-order valence-electron chi connectivity index (χ0n) is 22.1. The molecule has 1 aliphatic carbocycles. The molecule has 1 N–H and O–H groups in total. The summed E-state index contributed by atoms with van der Waals surface area (Å²) >= 11 is 0. The fourth-order valence-electron chi connectivity index (χ4n) is 4.86. The molecule has 7 nitrogen and oxygen atoms in total. The van der Waals surface area contributed by atoms with Gasteiger partial charge in [0.2, 0.25) is 21.8 Å². The Bertz CT molecular complexity index is 1170. The first-order chi connectivity index (χ1) is 17.0. The molecule has 1 atom stereocenters. The molecule has 1 fully saturated rings. The van der Waals surface area contributed by atoms with Gasteiger partial charge in [0.1, 0.15) is 12.6 Å². The van der Waals surface area contributed by atoms with Crippen LogP contribution in [0, 0.1) is 20.8 Å². The summed E-state index contributed by atoms with van der Waals surface area (Å²) in [7, 11) is -3.75. The lowest BCUT2D eigenvalue weighted by Crippen LogP contribution is -2.53. The number of aryl methyl sites for hydroxylation is 3. The molecule has 0 spiro atoms. The summed E-state index contributed by atoms with van der Waals surface area (Å²) in [5, 5.41) is 3.13. The minimum Gasteiger partial charge on any atom is -0.352 e. The Kier molecular flexibility index (Phi) is 9.17. The van der Waals surface area contributed by atoms with E-state index in [0.29, 0.717) is 12.1 Å². The highest BCUT2D eigenvalue weighted by molar-refractivity contribution is 7.92. The van der Waals surface area contributed by atoms with Crippen LogP contribution in [0.2, 0.25) is 0 Å². The number of nitrogens with one attached hydrogen (secondary N) is 1. The predicted octanol–water partition coefficient (Wildman–Crippen LogP) is 4.24. The maximum absolute atomic E-state index is 13.8. The van der Waals surface area contributed by atoms with Gasteiger partial charge in [0.25, 0.3) is 0 Å². The molecule has 196 valence electrons. The number of hydrogen-bond donors (Lipinski definition) is 1. The highest BCUT2D eigenvalue weighted by Gasteiger charge is 2.33. The van der Waals surface area contributed by atoms with Gasteiger partial charge in [0.05, 0.1) is 11.9 Å². The number of nitrogens with zero attached hydrogens (tertiary/aromatic N) is 2. The van der Waals surface area contributed by atoms with Crippen molar-refractivity contribution < 1.29 is 18.0 Å². The van der Waals surface area contributed by atoms with Crippen LogP contribution < -0.4 is 9.62 Å². The van der Waals surface area contributed by atoms with Gasteiger partial charge < -0.3 is 10.2 Å². The van der Waals surface area contributed by atoms with Crippen LogP contribution in [0.3, 0.4) is 0 Å². The highest BCUT2D eigenvalue weighted by atomic mass is 32.2. The summed E-state index contributed by atoms with van der Waals surface area (Å²) in [6.07, 6.45) is 5.61. The Morgan fingerprint density at radius 1 is 1.00 bits per heavy atom. The maximum Gasteiger partial charge on any atom is 0.244 e. The first kappa shape index (κ1) is 27.7. The average Bonchev–Trinajstić information content (AvgIpc) is 3.31. The largest absolute Gasteiger partial charge is 0.352 e. The van der Waals surface area contributed by atoms with Crippen molar-refractivity contribution in [3.05, 3.63) is 64.7 Å². The normalized spacial score (nSPS) is 14.9. The zero-order chi connectivity index (χ0) is 26.5. The summed E-state index contributed by atoms with van der Waals surface area (Å²) < 4.78 is 26.8. The third-order valence-electron chi connectivity index (χ3n) is 6.86. The van der Waals surface area contributed by atoms with E-state index in [2.05, 4.69) is 5.32 Å². The van der Waals surface area contributed by atoms with Crippen molar-refractivity contribution in [1.82, 2.24) is 10.2 Å². The SMILES string of the molecule is CCC(C(=O)NC1CCCC1)N(Cc1ccc(C)cc1)C(=O)CN(c1ccc(C)cc1C)S(C)(=O)=O.